The number of anilines is 1. The van der Waals surface area contributed by atoms with E-state index in [9.17, 15) is 0 Å². The standard InChI is InChI=1S/C18H23N3OS/c1-5-16(14-7-6-12(2)13(3)10-14)21-18(23)20-15-8-9-17(22-4)19-11-15/h6-11,16H,5H2,1-4H3,(H2,20,21,23)/t16-/m0/s1. The maximum atomic E-state index is 5.42. The molecule has 0 saturated heterocycles. The predicted molar refractivity (Wildman–Crippen MR) is 99.1 cm³/mol. The highest BCUT2D eigenvalue weighted by atomic mass is 32.1. The minimum atomic E-state index is 0.181. The van der Waals surface area contributed by atoms with Crippen LogP contribution in [0.3, 0.4) is 0 Å². The second-order valence-corrected chi connectivity index (χ2v) is 5.90. The fraction of sp³-hybridized carbons (Fsp3) is 0.333. The van der Waals surface area contributed by atoms with Crippen LogP contribution >= 0.6 is 12.2 Å². The number of rotatable bonds is 5. The third kappa shape index (κ3) is 4.66. The Morgan fingerprint density at radius 3 is 2.57 bits per heavy atom. The number of benzene rings is 1. The van der Waals surface area contributed by atoms with E-state index in [1.165, 1.54) is 16.7 Å². The first kappa shape index (κ1) is 17.2. The van der Waals surface area contributed by atoms with Crippen LogP contribution in [0.25, 0.3) is 0 Å². The van der Waals surface area contributed by atoms with E-state index < -0.39 is 0 Å². The summed E-state index contributed by atoms with van der Waals surface area (Å²) in [5.41, 5.74) is 4.67. The monoisotopic (exact) mass is 329 g/mol. The van der Waals surface area contributed by atoms with Gasteiger partial charge in [0.1, 0.15) is 0 Å². The molecule has 0 saturated carbocycles. The van der Waals surface area contributed by atoms with Crippen LogP contribution in [-0.2, 0) is 0 Å². The molecule has 0 aliphatic rings. The van der Waals surface area contributed by atoms with Crippen molar-refractivity contribution in [1.29, 1.82) is 0 Å². The van der Waals surface area contributed by atoms with Gasteiger partial charge >= 0.3 is 0 Å². The Morgan fingerprint density at radius 2 is 2.00 bits per heavy atom. The molecule has 1 aromatic carbocycles. The van der Waals surface area contributed by atoms with Crippen molar-refractivity contribution in [2.24, 2.45) is 0 Å². The number of aryl methyl sites for hydroxylation is 2. The average molecular weight is 329 g/mol. The minimum Gasteiger partial charge on any atom is -0.481 e. The fourth-order valence-electron chi connectivity index (χ4n) is 2.30. The lowest BCUT2D eigenvalue weighted by molar-refractivity contribution is 0.398. The number of aromatic nitrogens is 1. The number of ether oxygens (including phenoxy) is 1. The molecule has 2 rings (SSSR count). The molecule has 1 aromatic heterocycles. The predicted octanol–water partition coefficient (Wildman–Crippen LogP) is 4.14. The number of nitrogens with one attached hydrogen (secondary N) is 2. The summed E-state index contributed by atoms with van der Waals surface area (Å²) in [6, 6.07) is 10.4. The van der Waals surface area contributed by atoms with E-state index >= 15 is 0 Å². The molecule has 5 heteroatoms. The molecular weight excluding hydrogens is 306 g/mol. The number of pyridine rings is 1. The summed E-state index contributed by atoms with van der Waals surface area (Å²) in [5.74, 6) is 0.580. The maximum absolute atomic E-state index is 5.42. The lowest BCUT2D eigenvalue weighted by Gasteiger charge is -2.21. The van der Waals surface area contributed by atoms with E-state index in [0.29, 0.717) is 11.0 Å². The van der Waals surface area contributed by atoms with Crippen LogP contribution in [0.2, 0.25) is 0 Å². The largest absolute Gasteiger partial charge is 0.481 e. The maximum Gasteiger partial charge on any atom is 0.213 e. The van der Waals surface area contributed by atoms with E-state index in [-0.39, 0.29) is 6.04 Å². The number of hydrogen-bond donors (Lipinski definition) is 2. The lowest BCUT2D eigenvalue weighted by Crippen LogP contribution is -2.32. The van der Waals surface area contributed by atoms with Crippen molar-refractivity contribution in [2.75, 3.05) is 12.4 Å². The molecule has 2 N–H and O–H groups in total. The van der Waals surface area contributed by atoms with Crippen LogP contribution in [0, 0.1) is 13.8 Å². The van der Waals surface area contributed by atoms with Crippen molar-refractivity contribution in [2.45, 2.75) is 33.2 Å². The molecule has 1 atom stereocenters. The van der Waals surface area contributed by atoms with Gasteiger partial charge in [-0.1, -0.05) is 25.1 Å². The molecule has 23 heavy (non-hydrogen) atoms. The molecule has 4 nitrogen and oxygen atoms in total. The number of hydrogen-bond acceptors (Lipinski definition) is 3. The van der Waals surface area contributed by atoms with Crippen molar-refractivity contribution in [3.63, 3.8) is 0 Å². The second-order valence-electron chi connectivity index (χ2n) is 5.49. The van der Waals surface area contributed by atoms with Crippen LogP contribution in [0.4, 0.5) is 5.69 Å². The molecule has 2 aromatic rings. The van der Waals surface area contributed by atoms with Gasteiger partial charge in [-0.15, -0.1) is 0 Å². The first-order valence-corrected chi connectivity index (χ1v) is 8.09. The smallest absolute Gasteiger partial charge is 0.213 e. The normalized spacial score (nSPS) is 11.7. The molecule has 0 spiro atoms. The molecule has 0 aliphatic carbocycles. The van der Waals surface area contributed by atoms with E-state index in [1.807, 2.05) is 6.07 Å². The molecule has 122 valence electrons. The van der Waals surface area contributed by atoms with Crippen LogP contribution in [0.1, 0.15) is 36.1 Å². The number of methoxy groups -OCH3 is 1. The molecule has 0 amide bonds. The van der Waals surface area contributed by atoms with E-state index in [2.05, 4.69) is 54.6 Å². The zero-order chi connectivity index (χ0) is 16.8. The van der Waals surface area contributed by atoms with Gasteiger partial charge in [-0.3, -0.25) is 0 Å². The fourth-order valence-corrected chi connectivity index (χ4v) is 2.56. The van der Waals surface area contributed by atoms with E-state index in [4.69, 9.17) is 17.0 Å². The van der Waals surface area contributed by atoms with Crippen molar-refractivity contribution in [3.05, 3.63) is 53.2 Å². The molecule has 0 fully saturated rings. The Labute approximate surface area is 143 Å². The molecule has 0 radical (unpaired) electrons. The van der Waals surface area contributed by atoms with Crippen molar-refractivity contribution in [3.8, 4) is 5.88 Å². The Balaban J connectivity index is 2.02. The first-order valence-electron chi connectivity index (χ1n) is 7.68. The van der Waals surface area contributed by atoms with Gasteiger partial charge in [0.2, 0.25) is 5.88 Å². The average Bonchev–Trinajstić information content (AvgIpc) is 2.56. The summed E-state index contributed by atoms with van der Waals surface area (Å²) >= 11 is 5.42. The molecule has 0 aliphatic heterocycles. The summed E-state index contributed by atoms with van der Waals surface area (Å²) in [6.45, 7) is 6.39. The van der Waals surface area contributed by atoms with E-state index in [1.54, 1.807) is 19.4 Å². The van der Waals surface area contributed by atoms with E-state index in [0.717, 1.165) is 12.1 Å². The zero-order valence-corrected chi connectivity index (χ0v) is 14.8. The summed E-state index contributed by atoms with van der Waals surface area (Å²) < 4.78 is 5.05. The van der Waals surface area contributed by atoms with Gasteiger partial charge in [0.25, 0.3) is 0 Å². The Kier molecular flexibility index (Phi) is 5.93. The van der Waals surface area contributed by atoms with Crippen molar-refractivity contribution < 1.29 is 4.74 Å². The number of thiocarbonyl (C=S) groups is 1. The van der Waals surface area contributed by atoms with Gasteiger partial charge in [-0.05, 0) is 55.2 Å². The topological polar surface area (TPSA) is 46.2 Å². The third-order valence-electron chi connectivity index (χ3n) is 3.85. The van der Waals surface area contributed by atoms with Gasteiger partial charge in [0, 0.05) is 6.07 Å². The van der Waals surface area contributed by atoms with Crippen LogP contribution in [0.5, 0.6) is 5.88 Å². The first-order chi connectivity index (χ1) is 11.0. The van der Waals surface area contributed by atoms with Gasteiger partial charge in [0.05, 0.1) is 25.0 Å². The third-order valence-corrected chi connectivity index (χ3v) is 4.07. The second kappa shape index (κ2) is 7.92. The van der Waals surface area contributed by atoms with Crippen molar-refractivity contribution in [1.82, 2.24) is 10.3 Å². The number of nitrogens with zero attached hydrogens (tertiary/aromatic N) is 1. The molecule has 1 heterocycles. The highest BCUT2D eigenvalue weighted by Gasteiger charge is 2.11. The highest BCUT2D eigenvalue weighted by Crippen LogP contribution is 2.20. The minimum absolute atomic E-state index is 0.181. The quantitative estimate of drug-likeness (QED) is 0.807. The SMILES string of the molecule is CC[C@H](NC(=S)Nc1ccc(OC)nc1)c1ccc(C)c(C)c1. The molecule has 0 bridgehead atoms. The van der Waals surface area contributed by atoms with Crippen LogP contribution in [-0.4, -0.2) is 17.2 Å². The lowest BCUT2D eigenvalue weighted by atomic mass is 9.99. The van der Waals surface area contributed by atoms with Gasteiger partial charge in [0.15, 0.2) is 5.11 Å². The van der Waals surface area contributed by atoms with Gasteiger partial charge < -0.3 is 15.4 Å². The summed E-state index contributed by atoms with van der Waals surface area (Å²) in [7, 11) is 1.59. The molecule has 0 unspecified atom stereocenters. The van der Waals surface area contributed by atoms with Crippen LogP contribution < -0.4 is 15.4 Å². The van der Waals surface area contributed by atoms with Crippen molar-refractivity contribution >= 4 is 23.0 Å². The highest BCUT2D eigenvalue weighted by molar-refractivity contribution is 7.80. The molecular formula is C18H23N3OS. The van der Waals surface area contributed by atoms with Crippen LogP contribution in [0.15, 0.2) is 36.5 Å². The summed E-state index contributed by atoms with van der Waals surface area (Å²) in [5, 5.41) is 7.11. The summed E-state index contributed by atoms with van der Waals surface area (Å²) in [4.78, 5) is 4.16. The Bertz CT molecular complexity index is 670. The van der Waals surface area contributed by atoms with Gasteiger partial charge in [-0.25, -0.2) is 4.98 Å². The van der Waals surface area contributed by atoms with Gasteiger partial charge in [-0.2, -0.15) is 0 Å². The summed E-state index contributed by atoms with van der Waals surface area (Å²) in [6.07, 6.45) is 2.65. The Hall–Kier alpha value is -2.14. The zero-order valence-electron chi connectivity index (χ0n) is 14.0. The Morgan fingerprint density at radius 1 is 1.22 bits per heavy atom.